The summed E-state index contributed by atoms with van der Waals surface area (Å²) in [5.74, 6) is 0.367. The molecule has 0 fully saturated rings. The van der Waals surface area contributed by atoms with Crippen LogP contribution in [0, 0.1) is 0 Å². The molecule has 0 bridgehead atoms. The number of ether oxygens (including phenoxy) is 3. The summed E-state index contributed by atoms with van der Waals surface area (Å²) in [4.78, 5) is 23.8. The van der Waals surface area contributed by atoms with Crippen LogP contribution in [0.3, 0.4) is 0 Å². The number of rotatable bonds is 4. The lowest BCUT2D eigenvalue weighted by Crippen LogP contribution is -2.29. The SMILES string of the molecule is COc1ccc(C2(c3ccc(OC(C)=O)cc3)OC(=O)c3ccccc32)cc1. The van der Waals surface area contributed by atoms with Crippen LogP contribution in [0.5, 0.6) is 11.5 Å². The molecule has 3 aromatic rings. The molecular weight excluding hydrogens is 356 g/mol. The summed E-state index contributed by atoms with van der Waals surface area (Å²) < 4.78 is 16.4. The van der Waals surface area contributed by atoms with E-state index in [1.165, 1.54) is 6.92 Å². The third-order valence-electron chi connectivity index (χ3n) is 4.79. The minimum absolute atomic E-state index is 0.379. The van der Waals surface area contributed by atoms with Crippen molar-refractivity contribution < 1.29 is 23.8 Å². The smallest absolute Gasteiger partial charge is 0.340 e. The molecule has 1 atom stereocenters. The Kier molecular flexibility index (Phi) is 4.35. The highest BCUT2D eigenvalue weighted by molar-refractivity contribution is 5.96. The predicted octanol–water partition coefficient (Wildman–Crippen LogP) is 4.08. The quantitative estimate of drug-likeness (QED) is 0.509. The number of fused-ring (bicyclic) bond motifs is 1. The van der Waals surface area contributed by atoms with Crippen LogP contribution in [0.1, 0.15) is 34.0 Å². The number of hydrogen-bond donors (Lipinski definition) is 0. The molecule has 140 valence electrons. The van der Waals surface area contributed by atoms with Gasteiger partial charge < -0.3 is 14.2 Å². The van der Waals surface area contributed by atoms with E-state index in [1.54, 1.807) is 37.4 Å². The summed E-state index contributed by atoms with van der Waals surface area (Å²) in [5.41, 5.74) is 1.76. The minimum atomic E-state index is -1.09. The second-order valence-electron chi connectivity index (χ2n) is 6.46. The van der Waals surface area contributed by atoms with Crippen LogP contribution in [0.25, 0.3) is 0 Å². The molecule has 1 aliphatic heterocycles. The van der Waals surface area contributed by atoms with Gasteiger partial charge in [0.15, 0.2) is 5.60 Å². The molecule has 0 N–H and O–H groups in total. The first-order valence-corrected chi connectivity index (χ1v) is 8.81. The Morgan fingerprint density at radius 3 is 2.00 bits per heavy atom. The average Bonchev–Trinajstić information content (AvgIpc) is 3.02. The zero-order valence-corrected chi connectivity index (χ0v) is 15.5. The zero-order chi connectivity index (χ0) is 19.7. The van der Waals surface area contributed by atoms with Crippen LogP contribution < -0.4 is 9.47 Å². The maximum atomic E-state index is 12.6. The van der Waals surface area contributed by atoms with Gasteiger partial charge >= 0.3 is 11.9 Å². The molecule has 0 radical (unpaired) electrons. The summed E-state index contributed by atoms with van der Waals surface area (Å²) in [6.07, 6.45) is 0. The lowest BCUT2D eigenvalue weighted by molar-refractivity contribution is -0.131. The van der Waals surface area contributed by atoms with Crippen molar-refractivity contribution >= 4 is 11.9 Å². The van der Waals surface area contributed by atoms with E-state index in [4.69, 9.17) is 14.2 Å². The minimum Gasteiger partial charge on any atom is -0.497 e. The molecule has 0 aliphatic carbocycles. The Morgan fingerprint density at radius 2 is 1.43 bits per heavy atom. The van der Waals surface area contributed by atoms with Gasteiger partial charge in [0.2, 0.25) is 0 Å². The number of esters is 2. The highest BCUT2D eigenvalue weighted by Crippen LogP contribution is 2.47. The molecule has 0 aromatic heterocycles. The monoisotopic (exact) mass is 374 g/mol. The highest BCUT2D eigenvalue weighted by Gasteiger charge is 2.48. The molecule has 4 rings (SSSR count). The van der Waals surface area contributed by atoms with Gasteiger partial charge in [0, 0.05) is 23.6 Å². The molecule has 1 aliphatic rings. The van der Waals surface area contributed by atoms with E-state index in [0.717, 1.165) is 16.7 Å². The van der Waals surface area contributed by atoms with Crippen LogP contribution in [0.4, 0.5) is 0 Å². The van der Waals surface area contributed by atoms with E-state index in [9.17, 15) is 9.59 Å². The fourth-order valence-electron chi connectivity index (χ4n) is 3.56. The van der Waals surface area contributed by atoms with Crippen molar-refractivity contribution in [1.29, 1.82) is 0 Å². The summed E-state index contributed by atoms with van der Waals surface area (Å²) in [6, 6.07) is 21.8. The van der Waals surface area contributed by atoms with Crippen molar-refractivity contribution in [3.63, 3.8) is 0 Å². The van der Waals surface area contributed by atoms with Crippen LogP contribution in [-0.2, 0) is 15.1 Å². The van der Waals surface area contributed by atoms with E-state index in [1.807, 2.05) is 42.5 Å². The highest BCUT2D eigenvalue weighted by atomic mass is 16.6. The standard InChI is InChI=1S/C23H18O5/c1-15(24)27-19-13-9-17(10-14-19)23(16-7-11-18(26-2)12-8-16)21-6-4-3-5-20(21)22(25)28-23/h3-14H,1-2H3. The maximum absolute atomic E-state index is 12.6. The summed E-state index contributed by atoms with van der Waals surface area (Å²) in [7, 11) is 1.60. The van der Waals surface area contributed by atoms with Crippen molar-refractivity contribution in [3.8, 4) is 11.5 Å². The van der Waals surface area contributed by atoms with Crippen LogP contribution in [-0.4, -0.2) is 19.0 Å². The number of methoxy groups -OCH3 is 1. The third-order valence-corrected chi connectivity index (χ3v) is 4.79. The molecule has 0 saturated heterocycles. The molecule has 1 heterocycles. The Morgan fingerprint density at radius 1 is 0.857 bits per heavy atom. The fourth-order valence-corrected chi connectivity index (χ4v) is 3.56. The first kappa shape index (κ1) is 17.8. The maximum Gasteiger partial charge on any atom is 0.340 e. The van der Waals surface area contributed by atoms with Crippen LogP contribution >= 0.6 is 0 Å². The van der Waals surface area contributed by atoms with Crippen LogP contribution in [0.15, 0.2) is 72.8 Å². The molecular formula is C23H18O5. The van der Waals surface area contributed by atoms with Gasteiger partial charge in [-0.1, -0.05) is 42.5 Å². The Balaban J connectivity index is 1.90. The van der Waals surface area contributed by atoms with E-state index in [2.05, 4.69) is 0 Å². The zero-order valence-electron chi connectivity index (χ0n) is 15.5. The predicted molar refractivity (Wildman–Crippen MR) is 102 cm³/mol. The number of cyclic esters (lactones) is 1. The summed E-state index contributed by atoms with van der Waals surface area (Å²) in [6.45, 7) is 1.35. The third kappa shape index (κ3) is 2.81. The first-order chi connectivity index (χ1) is 13.5. The van der Waals surface area contributed by atoms with E-state index < -0.39 is 11.6 Å². The second kappa shape index (κ2) is 6.85. The number of hydrogen-bond acceptors (Lipinski definition) is 5. The van der Waals surface area contributed by atoms with Gasteiger partial charge in [-0.05, 0) is 30.3 Å². The van der Waals surface area contributed by atoms with E-state index in [-0.39, 0.29) is 5.97 Å². The van der Waals surface area contributed by atoms with Crippen LogP contribution in [0.2, 0.25) is 0 Å². The van der Waals surface area contributed by atoms with Gasteiger partial charge in [0.1, 0.15) is 11.5 Å². The Bertz CT molecular complexity index is 1040. The number of carbonyl (C=O) groups is 2. The van der Waals surface area contributed by atoms with Crippen molar-refractivity contribution in [3.05, 3.63) is 95.1 Å². The van der Waals surface area contributed by atoms with Crippen molar-refractivity contribution in [1.82, 2.24) is 0 Å². The van der Waals surface area contributed by atoms with E-state index >= 15 is 0 Å². The Labute approximate surface area is 162 Å². The van der Waals surface area contributed by atoms with E-state index in [0.29, 0.717) is 17.1 Å². The summed E-state index contributed by atoms with van der Waals surface area (Å²) in [5, 5.41) is 0. The average molecular weight is 374 g/mol. The van der Waals surface area contributed by atoms with Gasteiger partial charge in [0.05, 0.1) is 12.7 Å². The molecule has 5 nitrogen and oxygen atoms in total. The van der Waals surface area contributed by atoms with Gasteiger partial charge in [-0.3, -0.25) is 4.79 Å². The molecule has 1 unspecified atom stereocenters. The molecule has 0 spiro atoms. The van der Waals surface area contributed by atoms with Crippen molar-refractivity contribution in [2.24, 2.45) is 0 Å². The molecule has 0 amide bonds. The lowest BCUT2D eigenvalue weighted by atomic mass is 9.80. The van der Waals surface area contributed by atoms with Gasteiger partial charge in [-0.25, -0.2) is 4.79 Å². The molecule has 28 heavy (non-hydrogen) atoms. The fraction of sp³-hybridized carbons (Fsp3) is 0.130. The van der Waals surface area contributed by atoms with Gasteiger partial charge in [-0.15, -0.1) is 0 Å². The second-order valence-corrected chi connectivity index (χ2v) is 6.46. The van der Waals surface area contributed by atoms with Gasteiger partial charge in [0.25, 0.3) is 0 Å². The molecule has 3 aromatic carbocycles. The van der Waals surface area contributed by atoms with Crippen molar-refractivity contribution in [2.75, 3.05) is 7.11 Å². The molecule has 5 heteroatoms. The normalized spacial score (nSPS) is 17.6. The number of benzene rings is 3. The summed E-state index contributed by atoms with van der Waals surface area (Å²) >= 11 is 0. The number of carbonyl (C=O) groups excluding carboxylic acids is 2. The lowest BCUT2D eigenvalue weighted by Gasteiger charge is -2.30. The van der Waals surface area contributed by atoms with Crippen molar-refractivity contribution in [2.45, 2.75) is 12.5 Å². The molecule has 0 saturated carbocycles. The first-order valence-electron chi connectivity index (χ1n) is 8.81. The van der Waals surface area contributed by atoms with Gasteiger partial charge in [-0.2, -0.15) is 0 Å². The Hall–Kier alpha value is -3.60. The largest absolute Gasteiger partial charge is 0.497 e. The topological polar surface area (TPSA) is 61.8 Å².